The number of nitrogens with one attached hydrogen (secondary N) is 2. The molecule has 29 heavy (non-hydrogen) atoms. The van der Waals surface area contributed by atoms with Crippen molar-refractivity contribution in [3.63, 3.8) is 0 Å². The fourth-order valence-corrected chi connectivity index (χ4v) is 3.34. The zero-order valence-electron chi connectivity index (χ0n) is 15.9. The number of rotatable bonds is 5. The molecule has 2 aromatic heterocycles. The van der Waals surface area contributed by atoms with Crippen molar-refractivity contribution in [1.29, 1.82) is 0 Å². The van der Waals surface area contributed by atoms with Crippen LogP contribution in [0, 0.1) is 11.6 Å². The Morgan fingerprint density at radius 3 is 2.69 bits per heavy atom. The lowest BCUT2D eigenvalue weighted by molar-refractivity contribution is 0.0697. The number of hydrogen-bond acceptors (Lipinski definition) is 5. The first-order valence-electron chi connectivity index (χ1n) is 9.45. The molecule has 0 radical (unpaired) electrons. The third-order valence-corrected chi connectivity index (χ3v) is 4.92. The summed E-state index contributed by atoms with van der Waals surface area (Å²) in [7, 11) is 0. The molecule has 1 unspecified atom stereocenters. The molecule has 7 nitrogen and oxygen atoms in total. The highest BCUT2D eigenvalue weighted by molar-refractivity contribution is 5.99. The monoisotopic (exact) mass is 401 g/mol. The molecule has 0 saturated carbocycles. The standard InChI is InChI=1S/C20H21F2N5O2/c1-12(13-8-14(21)10-15(22)9-13)24-18-2-5-27-19(26-18)17(11-23-27)20(28)25-16-3-6-29-7-4-16/h2,5,8-12,16H,3-4,6-7H2,1H3,(H,24,26)(H,25,28). The van der Waals surface area contributed by atoms with Crippen LogP contribution in [-0.2, 0) is 4.74 Å². The Kier molecular flexibility index (Phi) is 5.39. The quantitative estimate of drug-likeness (QED) is 0.687. The highest BCUT2D eigenvalue weighted by Crippen LogP contribution is 2.21. The molecule has 0 bridgehead atoms. The molecule has 4 rings (SSSR count). The second-order valence-corrected chi connectivity index (χ2v) is 7.07. The predicted molar refractivity (Wildman–Crippen MR) is 103 cm³/mol. The number of benzene rings is 1. The van der Waals surface area contributed by atoms with Gasteiger partial charge in [-0.1, -0.05) is 0 Å². The van der Waals surface area contributed by atoms with Crippen LogP contribution in [0.25, 0.3) is 5.65 Å². The lowest BCUT2D eigenvalue weighted by Gasteiger charge is -2.22. The summed E-state index contributed by atoms with van der Waals surface area (Å²) in [5, 5.41) is 10.3. The van der Waals surface area contributed by atoms with Crippen LogP contribution < -0.4 is 10.6 Å². The smallest absolute Gasteiger partial charge is 0.256 e. The van der Waals surface area contributed by atoms with Crippen molar-refractivity contribution in [3.8, 4) is 0 Å². The minimum atomic E-state index is -0.639. The van der Waals surface area contributed by atoms with Crippen LogP contribution in [0.4, 0.5) is 14.6 Å². The first kappa shape index (κ1) is 19.3. The van der Waals surface area contributed by atoms with Crippen molar-refractivity contribution in [1.82, 2.24) is 19.9 Å². The number of nitrogens with zero attached hydrogens (tertiary/aromatic N) is 3. The van der Waals surface area contributed by atoms with Gasteiger partial charge >= 0.3 is 0 Å². The van der Waals surface area contributed by atoms with E-state index in [1.807, 2.05) is 0 Å². The van der Waals surface area contributed by atoms with Crippen LogP contribution >= 0.6 is 0 Å². The minimum Gasteiger partial charge on any atom is -0.381 e. The zero-order chi connectivity index (χ0) is 20.4. The van der Waals surface area contributed by atoms with Crippen LogP contribution in [0.2, 0.25) is 0 Å². The van der Waals surface area contributed by atoms with E-state index in [9.17, 15) is 13.6 Å². The summed E-state index contributed by atoms with van der Waals surface area (Å²) >= 11 is 0. The number of amides is 1. The molecule has 1 saturated heterocycles. The zero-order valence-corrected chi connectivity index (χ0v) is 15.9. The number of halogens is 2. The summed E-state index contributed by atoms with van der Waals surface area (Å²) in [6, 6.07) is 4.73. The molecule has 1 aliphatic heterocycles. The van der Waals surface area contributed by atoms with Crippen LogP contribution in [0.5, 0.6) is 0 Å². The molecule has 9 heteroatoms. The highest BCUT2D eigenvalue weighted by Gasteiger charge is 2.20. The van der Waals surface area contributed by atoms with Gasteiger partial charge in [-0.25, -0.2) is 18.3 Å². The third kappa shape index (κ3) is 4.34. The summed E-state index contributed by atoms with van der Waals surface area (Å²) in [6.07, 6.45) is 4.70. The van der Waals surface area contributed by atoms with E-state index >= 15 is 0 Å². The van der Waals surface area contributed by atoms with Gasteiger partial charge in [-0.3, -0.25) is 4.79 Å². The first-order valence-corrected chi connectivity index (χ1v) is 9.45. The molecule has 3 heterocycles. The Labute approximate surface area is 166 Å². The Hall–Kier alpha value is -3.07. The number of aromatic nitrogens is 3. The molecule has 1 atom stereocenters. The molecule has 1 amide bonds. The Bertz CT molecular complexity index is 1010. The van der Waals surface area contributed by atoms with Crippen molar-refractivity contribution >= 4 is 17.4 Å². The summed E-state index contributed by atoms with van der Waals surface area (Å²) in [6.45, 7) is 3.03. The molecular formula is C20H21F2N5O2. The molecule has 152 valence electrons. The summed E-state index contributed by atoms with van der Waals surface area (Å²) in [4.78, 5) is 17.1. The first-order chi connectivity index (χ1) is 14.0. The number of hydrogen-bond donors (Lipinski definition) is 2. The molecule has 1 fully saturated rings. The van der Waals surface area contributed by atoms with E-state index in [0.717, 1.165) is 18.9 Å². The Morgan fingerprint density at radius 1 is 1.24 bits per heavy atom. The van der Waals surface area contributed by atoms with Gasteiger partial charge in [0.15, 0.2) is 5.65 Å². The summed E-state index contributed by atoms with van der Waals surface area (Å²) in [5.41, 5.74) is 1.22. The van der Waals surface area contributed by atoms with Crippen LogP contribution in [0.3, 0.4) is 0 Å². The number of fused-ring (bicyclic) bond motifs is 1. The van der Waals surface area contributed by atoms with E-state index in [-0.39, 0.29) is 11.9 Å². The van der Waals surface area contributed by atoms with Gasteiger partial charge in [0.05, 0.1) is 12.2 Å². The molecular weight excluding hydrogens is 380 g/mol. The predicted octanol–water partition coefficient (Wildman–Crippen LogP) is 3.09. The lowest BCUT2D eigenvalue weighted by atomic mass is 10.1. The minimum absolute atomic E-state index is 0.0652. The number of carbonyl (C=O) groups is 1. The van der Waals surface area contributed by atoms with Crippen molar-refractivity contribution in [2.45, 2.75) is 31.8 Å². The van der Waals surface area contributed by atoms with Gasteiger partial charge in [-0.15, -0.1) is 0 Å². The molecule has 0 aliphatic carbocycles. The van der Waals surface area contributed by atoms with Crippen LogP contribution in [-0.4, -0.2) is 39.8 Å². The van der Waals surface area contributed by atoms with Crippen LogP contribution in [0.15, 0.2) is 36.7 Å². The van der Waals surface area contributed by atoms with E-state index in [1.165, 1.54) is 22.8 Å². The average Bonchev–Trinajstić information content (AvgIpc) is 3.11. The number of carbonyl (C=O) groups excluding carboxylic acids is 1. The van der Waals surface area contributed by atoms with Gasteiger partial charge in [0.25, 0.3) is 5.91 Å². The average molecular weight is 401 g/mol. The maximum absolute atomic E-state index is 13.5. The number of anilines is 1. The Morgan fingerprint density at radius 2 is 1.97 bits per heavy atom. The van der Waals surface area contributed by atoms with Crippen molar-refractivity contribution in [3.05, 3.63) is 59.4 Å². The molecule has 1 aliphatic rings. The maximum Gasteiger partial charge on any atom is 0.256 e. The molecule has 3 aromatic rings. The maximum atomic E-state index is 13.5. The second-order valence-electron chi connectivity index (χ2n) is 7.07. The fourth-order valence-electron chi connectivity index (χ4n) is 3.34. The van der Waals surface area contributed by atoms with Crippen molar-refractivity contribution in [2.24, 2.45) is 0 Å². The summed E-state index contributed by atoms with van der Waals surface area (Å²) < 4.78 is 33.8. The van der Waals surface area contributed by atoms with E-state index < -0.39 is 17.7 Å². The third-order valence-electron chi connectivity index (χ3n) is 4.92. The van der Waals surface area contributed by atoms with E-state index in [1.54, 1.807) is 19.2 Å². The van der Waals surface area contributed by atoms with Gasteiger partial charge in [0.2, 0.25) is 0 Å². The van der Waals surface area contributed by atoms with Gasteiger partial charge in [0, 0.05) is 31.5 Å². The number of ether oxygens (including phenoxy) is 1. The largest absolute Gasteiger partial charge is 0.381 e. The molecule has 0 spiro atoms. The lowest BCUT2D eigenvalue weighted by Crippen LogP contribution is -2.38. The van der Waals surface area contributed by atoms with Crippen molar-refractivity contribution in [2.75, 3.05) is 18.5 Å². The van der Waals surface area contributed by atoms with Crippen LogP contribution in [0.1, 0.15) is 41.7 Å². The van der Waals surface area contributed by atoms with E-state index in [2.05, 4.69) is 20.7 Å². The normalized spacial score (nSPS) is 16.0. The highest BCUT2D eigenvalue weighted by atomic mass is 19.1. The van der Waals surface area contributed by atoms with E-state index in [4.69, 9.17) is 4.74 Å². The van der Waals surface area contributed by atoms with Gasteiger partial charge in [-0.2, -0.15) is 5.10 Å². The SMILES string of the molecule is CC(Nc1ccn2ncc(C(=O)NC3CCOCC3)c2n1)c1cc(F)cc(F)c1. The summed E-state index contributed by atoms with van der Waals surface area (Å²) in [5.74, 6) is -1.05. The second kappa shape index (κ2) is 8.12. The molecule has 1 aromatic carbocycles. The van der Waals surface area contributed by atoms with Crippen molar-refractivity contribution < 1.29 is 18.3 Å². The van der Waals surface area contributed by atoms with Gasteiger partial charge in [0.1, 0.15) is 23.0 Å². The fraction of sp³-hybridized carbons (Fsp3) is 0.350. The van der Waals surface area contributed by atoms with E-state index in [0.29, 0.717) is 35.8 Å². The van der Waals surface area contributed by atoms with Gasteiger partial charge < -0.3 is 15.4 Å². The van der Waals surface area contributed by atoms with Gasteiger partial charge in [-0.05, 0) is 43.5 Å². The Balaban J connectivity index is 1.53. The molecule has 2 N–H and O–H groups in total. The topological polar surface area (TPSA) is 80.5 Å².